The number of benzene rings is 1. The van der Waals surface area contributed by atoms with E-state index in [0.717, 1.165) is 22.3 Å². The Morgan fingerprint density at radius 1 is 1.30 bits per heavy atom. The van der Waals surface area contributed by atoms with Crippen LogP contribution in [-0.2, 0) is 0 Å². The Balaban J connectivity index is 2.00. The molecule has 6 heteroatoms. The van der Waals surface area contributed by atoms with Gasteiger partial charge in [-0.15, -0.1) is 0 Å². The van der Waals surface area contributed by atoms with E-state index in [1.165, 1.54) is 0 Å². The lowest BCUT2D eigenvalue weighted by Gasteiger charge is -2.01. The van der Waals surface area contributed by atoms with Gasteiger partial charge in [-0.25, -0.2) is 0 Å². The highest BCUT2D eigenvalue weighted by atomic mass is 79.9. The van der Waals surface area contributed by atoms with E-state index in [1.807, 2.05) is 43.3 Å². The molecule has 2 N–H and O–H groups in total. The first-order valence-corrected chi connectivity index (χ1v) is 7.32. The Morgan fingerprint density at radius 3 is 2.75 bits per heavy atom. The summed E-state index contributed by atoms with van der Waals surface area (Å²) in [4.78, 5) is 0. The summed E-state index contributed by atoms with van der Waals surface area (Å²) in [6.07, 6.45) is 1.59. The Hall–Kier alpha value is -1.66. The quantitative estimate of drug-likeness (QED) is 0.502. The van der Waals surface area contributed by atoms with Crippen LogP contribution in [0.5, 0.6) is 0 Å². The third-order valence-corrected chi connectivity index (χ3v) is 3.22. The topological polar surface area (TPSA) is 49.6 Å². The number of hydrogen-bond donors (Lipinski definition) is 2. The second-order valence-electron chi connectivity index (χ2n) is 3.94. The predicted octanol–water partition coefficient (Wildman–Crippen LogP) is 3.53. The van der Waals surface area contributed by atoms with Crippen molar-refractivity contribution in [3.63, 3.8) is 0 Å². The Labute approximate surface area is 131 Å². The zero-order chi connectivity index (χ0) is 14.4. The molecule has 0 aliphatic heterocycles. The van der Waals surface area contributed by atoms with Crippen molar-refractivity contribution < 1.29 is 4.42 Å². The predicted molar refractivity (Wildman–Crippen MR) is 88.8 cm³/mol. The molecule has 0 aliphatic carbocycles. The maximum Gasteiger partial charge on any atom is 0.186 e. The van der Waals surface area contributed by atoms with Gasteiger partial charge in [0, 0.05) is 16.6 Å². The van der Waals surface area contributed by atoms with Crippen LogP contribution < -0.4 is 10.7 Å². The van der Waals surface area contributed by atoms with Crippen LogP contribution >= 0.6 is 28.1 Å². The second kappa shape index (κ2) is 7.21. The number of thiocarbonyl (C=S) groups is 1. The van der Waals surface area contributed by atoms with E-state index < -0.39 is 0 Å². The van der Waals surface area contributed by atoms with E-state index >= 15 is 0 Å². The highest BCUT2D eigenvalue weighted by Gasteiger charge is 2.03. The van der Waals surface area contributed by atoms with E-state index in [4.69, 9.17) is 16.6 Å². The Bertz CT molecular complexity index is 607. The van der Waals surface area contributed by atoms with Crippen LogP contribution in [0, 0.1) is 0 Å². The molecule has 104 valence electrons. The van der Waals surface area contributed by atoms with Crippen molar-refractivity contribution in [2.45, 2.75) is 6.92 Å². The summed E-state index contributed by atoms with van der Waals surface area (Å²) in [5, 5.41) is 7.43. The molecule has 0 atom stereocenters. The van der Waals surface area contributed by atoms with Gasteiger partial charge in [-0.05, 0) is 43.4 Å². The molecule has 2 aromatic rings. The fourth-order valence-corrected chi connectivity index (χ4v) is 2.01. The van der Waals surface area contributed by atoms with Crippen molar-refractivity contribution >= 4 is 39.5 Å². The first-order chi connectivity index (χ1) is 9.69. The summed E-state index contributed by atoms with van der Waals surface area (Å²) in [6, 6.07) is 11.7. The van der Waals surface area contributed by atoms with Gasteiger partial charge in [-0.1, -0.05) is 28.1 Å². The standard InChI is InChI=1S/C14H14BrN3OS/c1-2-16-14(20)18-17-9-12-7-8-13(19-12)10-3-5-11(15)6-4-10/h3-9H,2H2,1H3,(H2,16,18,20)/b17-9-. The van der Waals surface area contributed by atoms with Crippen molar-refractivity contribution in [2.75, 3.05) is 6.54 Å². The monoisotopic (exact) mass is 351 g/mol. The SMILES string of the molecule is CCNC(=S)N/N=C\c1ccc(-c2ccc(Br)cc2)o1. The maximum absolute atomic E-state index is 5.68. The first kappa shape index (κ1) is 14.7. The molecule has 0 unspecified atom stereocenters. The van der Waals surface area contributed by atoms with E-state index in [0.29, 0.717) is 10.9 Å². The molecular formula is C14H14BrN3OS. The van der Waals surface area contributed by atoms with Gasteiger partial charge in [0.15, 0.2) is 5.11 Å². The van der Waals surface area contributed by atoms with Crippen LogP contribution in [-0.4, -0.2) is 17.9 Å². The van der Waals surface area contributed by atoms with Crippen molar-refractivity contribution in [3.8, 4) is 11.3 Å². The smallest absolute Gasteiger partial charge is 0.186 e. The summed E-state index contributed by atoms with van der Waals surface area (Å²) in [5.74, 6) is 1.46. The van der Waals surface area contributed by atoms with Crippen LogP contribution in [0.15, 0.2) is 50.4 Å². The van der Waals surface area contributed by atoms with Crippen LogP contribution in [0.1, 0.15) is 12.7 Å². The highest BCUT2D eigenvalue weighted by molar-refractivity contribution is 9.10. The fourth-order valence-electron chi connectivity index (χ4n) is 1.55. The molecule has 0 fully saturated rings. The van der Waals surface area contributed by atoms with Gasteiger partial charge in [0.05, 0.1) is 6.21 Å². The van der Waals surface area contributed by atoms with Crippen LogP contribution in [0.4, 0.5) is 0 Å². The Kier molecular flexibility index (Phi) is 5.31. The average Bonchev–Trinajstić information content (AvgIpc) is 2.89. The molecule has 4 nitrogen and oxygen atoms in total. The van der Waals surface area contributed by atoms with E-state index in [1.54, 1.807) is 6.21 Å². The summed E-state index contributed by atoms with van der Waals surface area (Å²) < 4.78 is 6.72. The molecule has 1 aromatic carbocycles. The van der Waals surface area contributed by atoms with Crippen molar-refractivity contribution in [2.24, 2.45) is 5.10 Å². The van der Waals surface area contributed by atoms with E-state index in [2.05, 4.69) is 31.8 Å². The van der Waals surface area contributed by atoms with Crippen LogP contribution in [0.25, 0.3) is 11.3 Å². The van der Waals surface area contributed by atoms with Crippen molar-refractivity contribution in [1.29, 1.82) is 0 Å². The largest absolute Gasteiger partial charge is 0.455 e. The number of furan rings is 1. The van der Waals surface area contributed by atoms with Gasteiger partial charge in [0.25, 0.3) is 0 Å². The molecule has 1 aromatic heterocycles. The summed E-state index contributed by atoms with van der Waals surface area (Å²) >= 11 is 8.40. The summed E-state index contributed by atoms with van der Waals surface area (Å²) in [6.45, 7) is 2.73. The Morgan fingerprint density at radius 2 is 2.05 bits per heavy atom. The average molecular weight is 352 g/mol. The zero-order valence-corrected chi connectivity index (χ0v) is 13.3. The molecule has 0 saturated heterocycles. The lowest BCUT2D eigenvalue weighted by Crippen LogP contribution is -2.31. The molecule has 0 saturated carbocycles. The molecule has 0 bridgehead atoms. The number of nitrogens with zero attached hydrogens (tertiary/aromatic N) is 1. The molecule has 0 radical (unpaired) electrons. The molecule has 0 aliphatic rings. The first-order valence-electron chi connectivity index (χ1n) is 6.11. The lowest BCUT2D eigenvalue weighted by atomic mass is 10.2. The van der Waals surface area contributed by atoms with Gasteiger partial charge < -0.3 is 9.73 Å². The minimum atomic E-state index is 0.489. The van der Waals surface area contributed by atoms with Gasteiger partial charge in [0.1, 0.15) is 11.5 Å². The minimum absolute atomic E-state index is 0.489. The van der Waals surface area contributed by atoms with Crippen molar-refractivity contribution in [3.05, 3.63) is 46.6 Å². The van der Waals surface area contributed by atoms with E-state index in [9.17, 15) is 0 Å². The molecule has 0 spiro atoms. The number of halogens is 1. The van der Waals surface area contributed by atoms with Crippen LogP contribution in [0.3, 0.4) is 0 Å². The summed E-state index contributed by atoms with van der Waals surface area (Å²) in [7, 11) is 0. The number of hydrogen-bond acceptors (Lipinski definition) is 3. The highest BCUT2D eigenvalue weighted by Crippen LogP contribution is 2.23. The second-order valence-corrected chi connectivity index (χ2v) is 5.26. The maximum atomic E-state index is 5.68. The molecule has 0 amide bonds. The molecule has 20 heavy (non-hydrogen) atoms. The van der Waals surface area contributed by atoms with Crippen LogP contribution in [0.2, 0.25) is 0 Å². The zero-order valence-electron chi connectivity index (χ0n) is 10.9. The third-order valence-electron chi connectivity index (χ3n) is 2.45. The van der Waals surface area contributed by atoms with E-state index in [-0.39, 0.29) is 0 Å². The van der Waals surface area contributed by atoms with Crippen molar-refractivity contribution in [1.82, 2.24) is 10.7 Å². The number of nitrogens with one attached hydrogen (secondary N) is 2. The summed E-state index contributed by atoms with van der Waals surface area (Å²) in [5.41, 5.74) is 3.73. The molecule has 2 rings (SSSR count). The van der Waals surface area contributed by atoms with Gasteiger partial charge in [-0.3, -0.25) is 5.43 Å². The normalized spacial score (nSPS) is 10.7. The van der Waals surface area contributed by atoms with Gasteiger partial charge >= 0.3 is 0 Å². The minimum Gasteiger partial charge on any atom is -0.455 e. The third kappa shape index (κ3) is 4.18. The molecular weight excluding hydrogens is 338 g/mol. The van der Waals surface area contributed by atoms with Gasteiger partial charge in [0.2, 0.25) is 0 Å². The molecule has 1 heterocycles. The number of hydrazone groups is 1. The van der Waals surface area contributed by atoms with Gasteiger partial charge in [-0.2, -0.15) is 5.10 Å². The number of rotatable bonds is 4. The fraction of sp³-hybridized carbons (Fsp3) is 0.143. The lowest BCUT2D eigenvalue weighted by molar-refractivity contribution is 0.574.